The van der Waals surface area contributed by atoms with Crippen LogP contribution in [0.25, 0.3) is 16.7 Å². The molecule has 35 heavy (non-hydrogen) atoms. The molecule has 0 radical (unpaired) electrons. The summed E-state index contributed by atoms with van der Waals surface area (Å²) in [6.07, 6.45) is 1.50. The van der Waals surface area contributed by atoms with Gasteiger partial charge in [-0.25, -0.2) is 4.79 Å². The predicted octanol–water partition coefficient (Wildman–Crippen LogP) is 2.80. The number of urea groups is 1. The van der Waals surface area contributed by atoms with Crippen molar-refractivity contribution in [3.63, 3.8) is 0 Å². The molecule has 2 N–H and O–H groups in total. The van der Waals surface area contributed by atoms with Crippen LogP contribution >= 0.6 is 11.8 Å². The van der Waals surface area contributed by atoms with E-state index in [2.05, 4.69) is 20.8 Å². The molecule has 0 bridgehead atoms. The van der Waals surface area contributed by atoms with Crippen molar-refractivity contribution in [3.8, 4) is 0 Å². The van der Waals surface area contributed by atoms with Gasteiger partial charge in [-0.15, -0.1) is 10.2 Å². The third kappa shape index (κ3) is 4.80. The number of hydrogen-bond donors (Lipinski definition) is 2. The van der Waals surface area contributed by atoms with Crippen LogP contribution in [0.5, 0.6) is 0 Å². The van der Waals surface area contributed by atoms with Gasteiger partial charge in [-0.1, -0.05) is 54.2 Å². The number of imide groups is 1. The number of aromatic nitrogens is 4. The van der Waals surface area contributed by atoms with Gasteiger partial charge in [0.25, 0.3) is 5.56 Å². The summed E-state index contributed by atoms with van der Waals surface area (Å²) in [6, 6.07) is 19.6. The van der Waals surface area contributed by atoms with E-state index in [9.17, 15) is 14.4 Å². The van der Waals surface area contributed by atoms with E-state index >= 15 is 0 Å². The van der Waals surface area contributed by atoms with Gasteiger partial charge in [-0.05, 0) is 29.8 Å². The number of rotatable bonds is 7. The van der Waals surface area contributed by atoms with Gasteiger partial charge < -0.3 is 9.73 Å². The third-order valence-corrected chi connectivity index (χ3v) is 6.18. The molecule has 2 aromatic carbocycles. The van der Waals surface area contributed by atoms with Crippen molar-refractivity contribution in [2.45, 2.75) is 18.2 Å². The van der Waals surface area contributed by atoms with Crippen LogP contribution in [0.1, 0.15) is 11.3 Å². The number of fused-ring (bicyclic) bond motifs is 3. The van der Waals surface area contributed by atoms with Gasteiger partial charge >= 0.3 is 6.03 Å². The van der Waals surface area contributed by atoms with Crippen molar-refractivity contribution in [2.75, 3.05) is 5.75 Å². The Labute approximate surface area is 203 Å². The standard InChI is InChI=1S/C24H20N6O4S/c31-20(26-22(33)25-13-17-9-6-12-34-17)15-35-24-28-27-23-29(14-16-7-2-1-3-8-16)21(32)18-10-4-5-11-19(18)30(23)24/h1-12H,13-15H2,(H2,25,26,31,33). The molecule has 5 aromatic rings. The molecule has 0 aliphatic heterocycles. The lowest BCUT2D eigenvalue weighted by Gasteiger charge is -2.11. The van der Waals surface area contributed by atoms with Gasteiger partial charge in [0.2, 0.25) is 11.7 Å². The summed E-state index contributed by atoms with van der Waals surface area (Å²) in [5.74, 6) is 0.383. The zero-order chi connectivity index (χ0) is 24.2. The number of para-hydroxylation sites is 1. The molecule has 3 heterocycles. The van der Waals surface area contributed by atoms with E-state index in [1.54, 1.807) is 33.2 Å². The molecule has 0 aliphatic carbocycles. The lowest BCUT2D eigenvalue weighted by atomic mass is 10.2. The van der Waals surface area contributed by atoms with E-state index < -0.39 is 11.9 Å². The lowest BCUT2D eigenvalue weighted by Crippen LogP contribution is -2.39. The highest BCUT2D eigenvalue weighted by molar-refractivity contribution is 7.99. The number of furan rings is 1. The van der Waals surface area contributed by atoms with Crippen molar-refractivity contribution >= 4 is 40.4 Å². The van der Waals surface area contributed by atoms with Crippen LogP contribution in [-0.4, -0.2) is 36.9 Å². The van der Waals surface area contributed by atoms with E-state index in [-0.39, 0.29) is 17.9 Å². The fraction of sp³-hybridized carbons (Fsp3) is 0.125. The summed E-state index contributed by atoms with van der Waals surface area (Å²) < 4.78 is 8.47. The molecule has 0 saturated heterocycles. The smallest absolute Gasteiger partial charge is 0.321 e. The molecule has 11 heteroatoms. The summed E-state index contributed by atoms with van der Waals surface area (Å²) in [5.41, 5.74) is 1.41. The maximum absolute atomic E-state index is 13.3. The number of nitrogens with zero attached hydrogens (tertiary/aromatic N) is 4. The first kappa shape index (κ1) is 22.4. The molecular weight excluding hydrogens is 468 g/mol. The van der Waals surface area contributed by atoms with Gasteiger partial charge in [-0.3, -0.25) is 23.9 Å². The second-order valence-corrected chi connectivity index (χ2v) is 8.55. The first-order valence-corrected chi connectivity index (χ1v) is 11.7. The molecule has 176 valence electrons. The molecule has 3 amide bonds. The SMILES string of the molecule is O=C(CSc1nnc2n(Cc3ccccc3)c(=O)c3ccccc3n12)NC(=O)NCc1ccco1. The minimum atomic E-state index is -0.625. The maximum Gasteiger partial charge on any atom is 0.321 e. The molecule has 0 saturated carbocycles. The molecular formula is C24H20N6O4S. The first-order valence-electron chi connectivity index (χ1n) is 10.7. The molecule has 0 aliphatic rings. The highest BCUT2D eigenvalue weighted by Crippen LogP contribution is 2.22. The number of nitrogens with one attached hydrogen (secondary N) is 2. The Balaban J connectivity index is 1.37. The number of thioether (sulfide) groups is 1. The van der Waals surface area contributed by atoms with Gasteiger partial charge in [0.1, 0.15) is 5.76 Å². The third-order valence-electron chi connectivity index (χ3n) is 5.25. The van der Waals surface area contributed by atoms with Crippen molar-refractivity contribution in [1.82, 2.24) is 29.8 Å². The fourth-order valence-corrected chi connectivity index (χ4v) is 4.39. The Hall–Kier alpha value is -4.38. The summed E-state index contributed by atoms with van der Waals surface area (Å²) in [6.45, 7) is 0.492. The minimum Gasteiger partial charge on any atom is -0.467 e. The van der Waals surface area contributed by atoms with Crippen molar-refractivity contribution in [2.24, 2.45) is 0 Å². The molecule has 10 nitrogen and oxygen atoms in total. The van der Waals surface area contributed by atoms with Crippen LogP contribution in [0, 0.1) is 0 Å². The second-order valence-electron chi connectivity index (χ2n) is 7.61. The summed E-state index contributed by atoms with van der Waals surface area (Å²) in [4.78, 5) is 37.6. The molecule has 3 aromatic heterocycles. The minimum absolute atomic E-state index is 0.0683. The summed E-state index contributed by atoms with van der Waals surface area (Å²) >= 11 is 1.12. The number of carbonyl (C=O) groups is 2. The van der Waals surface area contributed by atoms with Crippen LogP contribution in [0.15, 0.2) is 87.4 Å². The Morgan fingerprint density at radius 2 is 1.77 bits per heavy atom. The normalized spacial score (nSPS) is 11.1. The Morgan fingerprint density at radius 1 is 0.971 bits per heavy atom. The van der Waals surface area contributed by atoms with Crippen molar-refractivity contribution < 1.29 is 14.0 Å². The molecule has 5 rings (SSSR count). The Bertz CT molecular complexity index is 1560. The fourth-order valence-electron chi connectivity index (χ4n) is 3.65. The zero-order valence-corrected chi connectivity index (χ0v) is 19.2. The van der Waals surface area contributed by atoms with Crippen molar-refractivity contribution in [1.29, 1.82) is 0 Å². The Kier molecular flexibility index (Phi) is 6.31. The van der Waals surface area contributed by atoms with Crippen molar-refractivity contribution in [3.05, 3.63) is 94.7 Å². The topological polar surface area (TPSA) is 124 Å². The predicted molar refractivity (Wildman–Crippen MR) is 130 cm³/mol. The summed E-state index contributed by atoms with van der Waals surface area (Å²) in [5, 5.41) is 14.3. The first-order chi connectivity index (χ1) is 17.1. The van der Waals surface area contributed by atoms with Gasteiger partial charge in [0, 0.05) is 0 Å². The largest absolute Gasteiger partial charge is 0.467 e. The number of benzene rings is 2. The lowest BCUT2D eigenvalue weighted by molar-refractivity contribution is -0.117. The maximum atomic E-state index is 13.3. The quantitative estimate of drug-likeness (QED) is 0.338. The number of carbonyl (C=O) groups excluding carboxylic acids is 2. The molecule has 0 fully saturated rings. The molecule has 0 atom stereocenters. The highest BCUT2D eigenvalue weighted by Gasteiger charge is 2.18. The number of hydrogen-bond acceptors (Lipinski definition) is 7. The van der Waals surface area contributed by atoms with Crippen LogP contribution in [-0.2, 0) is 17.9 Å². The van der Waals surface area contributed by atoms with E-state index in [1.807, 2.05) is 42.5 Å². The monoisotopic (exact) mass is 488 g/mol. The molecule has 0 unspecified atom stereocenters. The highest BCUT2D eigenvalue weighted by atomic mass is 32.2. The van der Waals surface area contributed by atoms with Crippen LogP contribution in [0.4, 0.5) is 4.79 Å². The average Bonchev–Trinajstić information content (AvgIpc) is 3.55. The average molecular weight is 489 g/mol. The van der Waals surface area contributed by atoms with Crippen LogP contribution in [0.2, 0.25) is 0 Å². The number of amides is 3. The van der Waals surface area contributed by atoms with Gasteiger partial charge in [0.05, 0.1) is 36.0 Å². The van der Waals surface area contributed by atoms with E-state index in [0.717, 1.165) is 17.3 Å². The van der Waals surface area contributed by atoms with E-state index in [0.29, 0.717) is 34.1 Å². The van der Waals surface area contributed by atoms with Crippen LogP contribution < -0.4 is 16.2 Å². The molecule has 0 spiro atoms. The van der Waals surface area contributed by atoms with Gasteiger partial charge in [-0.2, -0.15) is 0 Å². The summed E-state index contributed by atoms with van der Waals surface area (Å²) in [7, 11) is 0. The van der Waals surface area contributed by atoms with E-state index in [1.165, 1.54) is 6.26 Å². The Morgan fingerprint density at radius 3 is 2.57 bits per heavy atom. The van der Waals surface area contributed by atoms with Crippen LogP contribution in [0.3, 0.4) is 0 Å². The van der Waals surface area contributed by atoms with E-state index in [4.69, 9.17) is 4.42 Å². The zero-order valence-electron chi connectivity index (χ0n) is 18.4. The second kappa shape index (κ2) is 9.85. The van der Waals surface area contributed by atoms with Gasteiger partial charge in [0.15, 0.2) is 5.16 Å².